The number of allylic oxidation sites excluding steroid dienone is 4. The minimum atomic E-state index is -0.290. The van der Waals surface area contributed by atoms with Crippen molar-refractivity contribution in [3.63, 3.8) is 0 Å². The molecule has 5 N–H and O–H groups in total. The molecule has 1 aromatic heterocycles. The van der Waals surface area contributed by atoms with Crippen LogP contribution in [0.3, 0.4) is 0 Å². The van der Waals surface area contributed by atoms with Crippen LogP contribution < -0.4 is 26.6 Å². The zero-order chi connectivity index (χ0) is 30.6. The van der Waals surface area contributed by atoms with Crippen LogP contribution in [-0.4, -0.2) is 47.0 Å². The smallest absolute Gasteiger partial charge is 0.324 e. The minimum Gasteiger partial charge on any atom is -0.383 e. The van der Waals surface area contributed by atoms with E-state index >= 15 is 0 Å². The fourth-order valence-electron chi connectivity index (χ4n) is 7.77. The molecule has 5 unspecified atom stereocenters. The summed E-state index contributed by atoms with van der Waals surface area (Å²) in [6.45, 7) is 11.1. The Hall–Kier alpha value is -3.98. The SMILES string of the molecule is CC1C(C2C=CC(C3CCNCC3)=CC2)c2c(N)ncnc2N1c1ccc(NC(=O)NC2=NC3CC3C(C(C)(C)C)=C2)cc1. The van der Waals surface area contributed by atoms with E-state index in [2.05, 4.69) is 77.8 Å². The predicted molar refractivity (Wildman–Crippen MR) is 177 cm³/mol. The first kappa shape index (κ1) is 28.8. The molecule has 7 rings (SSSR count). The van der Waals surface area contributed by atoms with E-state index in [0.717, 1.165) is 43.0 Å². The number of hydrogen-bond donors (Lipinski definition) is 4. The van der Waals surface area contributed by atoms with Crippen LogP contribution in [0, 0.1) is 23.2 Å². The molecule has 44 heavy (non-hydrogen) atoms. The van der Waals surface area contributed by atoms with Gasteiger partial charge in [-0.2, -0.15) is 0 Å². The number of anilines is 4. The van der Waals surface area contributed by atoms with Gasteiger partial charge in [-0.15, -0.1) is 0 Å². The quantitative estimate of drug-likeness (QED) is 0.342. The molecule has 1 aromatic carbocycles. The van der Waals surface area contributed by atoms with Crippen molar-refractivity contribution in [1.82, 2.24) is 20.6 Å². The summed E-state index contributed by atoms with van der Waals surface area (Å²) in [5, 5.41) is 9.41. The largest absolute Gasteiger partial charge is 0.383 e. The summed E-state index contributed by atoms with van der Waals surface area (Å²) in [6, 6.07) is 8.08. The second-order valence-electron chi connectivity index (χ2n) is 14.0. The number of nitrogens with two attached hydrogens (primary N) is 1. The topological polar surface area (TPSA) is 121 Å². The molecule has 2 fully saturated rings. The summed E-state index contributed by atoms with van der Waals surface area (Å²) in [4.78, 5) is 29.0. The number of urea groups is 1. The Morgan fingerprint density at radius 3 is 2.57 bits per heavy atom. The number of nitrogen functional groups attached to an aromatic ring is 1. The van der Waals surface area contributed by atoms with Crippen molar-refractivity contribution >= 4 is 34.9 Å². The van der Waals surface area contributed by atoms with E-state index in [1.807, 2.05) is 24.3 Å². The molecular weight excluding hydrogens is 548 g/mol. The number of rotatable bonds is 4. The monoisotopic (exact) mass is 592 g/mol. The number of aromatic nitrogens is 2. The van der Waals surface area contributed by atoms with Gasteiger partial charge in [0.15, 0.2) is 0 Å². The summed E-state index contributed by atoms with van der Waals surface area (Å²) in [7, 11) is 0. The number of carbonyl (C=O) groups excluding carboxylic acids is 1. The summed E-state index contributed by atoms with van der Waals surface area (Å²) in [5.41, 5.74) is 12.2. The summed E-state index contributed by atoms with van der Waals surface area (Å²) in [6.07, 6.45) is 15.3. The van der Waals surface area contributed by atoms with Gasteiger partial charge >= 0.3 is 6.03 Å². The third kappa shape index (κ3) is 5.42. The van der Waals surface area contributed by atoms with Gasteiger partial charge in [-0.1, -0.05) is 44.6 Å². The molecule has 9 heteroatoms. The predicted octanol–water partition coefficient (Wildman–Crippen LogP) is 6.08. The Morgan fingerprint density at radius 2 is 1.86 bits per heavy atom. The minimum absolute atomic E-state index is 0.0638. The van der Waals surface area contributed by atoms with Gasteiger partial charge in [0.2, 0.25) is 0 Å². The van der Waals surface area contributed by atoms with Gasteiger partial charge in [-0.25, -0.2) is 14.8 Å². The Morgan fingerprint density at radius 1 is 1.09 bits per heavy atom. The van der Waals surface area contributed by atoms with Gasteiger partial charge in [-0.05, 0) is 98.9 Å². The summed E-state index contributed by atoms with van der Waals surface area (Å²) >= 11 is 0. The van der Waals surface area contributed by atoms with Gasteiger partial charge in [0, 0.05) is 34.8 Å². The van der Waals surface area contributed by atoms with Crippen molar-refractivity contribution in [1.29, 1.82) is 0 Å². The molecule has 0 bridgehead atoms. The number of benzene rings is 1. The Bertz CT molecular complexity index is 1560. The van der Waals surface area contributed by atoms with Crippen LogP contribution in [0.5, 0.6) is 0 Å². The maximum absolute atomic E-state index is 12.9. The first-order valence-corrected chi connectivity index (χ1v) is 16.1. The van der Waals surface area contributed by atoms with Crippen LogP contribution in [0.1, 0.15) is 64.9 Å². The standard InChI is InChI=1S/C35H44N8O/c1-20-30(23-7-5-21(6-8-23)22-13-15-37-16-14-22)31-32(36)38-19-39-33(31)43(20)25-11-9-24(10-12-25)40-34(44)42-29-18-27(35(2,3)4)26-17-28(26)41-29/h5-7,9-12,18-20,22-23,26,28,30,37H,8,13-17H2,1-4H3,(H2,36,38,39)(H2,40,41,42,44). The number of carbonyl (C=O) groups is 1. The zero-order valence-corrected chi connectivity index (χ0v) is 26.2. The van der Waals surface area contributed by atoms with Gasteiger partial charge in [0.05, 0.1) is 6.04 Å². The summed E-state index contributed by atoms with van der Waals surface area (Å²) in [5.74, 6) is 3.73. The average molecular weight is 593 g/mol. The lowest BCUT2D eigenvalue weighted by molar-refractivity contribution is 0.256. The molecule has 5 atom stereocenters. The number of dihydropyridines is 1. The molecule has 0 spiro atoms. The van der Waals surface area contributed by atoms with Crippen molar-refractivity contribution in [2.45, 2.75) is 71.4 Å². The van der Waals surface area contributed by atoms with Crippen LogP contribution in [0.4, 0.5) is 27.8 Å². The number of amidine groups is 1. The van der Waals surface area contributed by atoms with Crippen LogP contribution in [0.2, 0.25) is 0 Å². The molecule has 9 nitrogen and oxygen atoms in total. The molecule has 2 aliphatic carbocycles. The third-order valence-corrected chi connectivity index (χ3v) is 10.1. The number of fused-ring (bicyclic) bond motifs is 2. The third-order valence-electron chi connectivity index (χ3n) is 10.1. The van der Waals surface area contributed by atoms with E-state index in [0.29, 0.717) is 41.1 Å². The molecule has 230 valence electrons. The fourth-order valence-corrected chi connectivity index (χ4v) is 7.77. The summed E-state index contributed by atoms with van der Waals surface area (Å²) < 4.78 is 0. The van der Waals surface area contributed by atoms with E-state index in [1.165, 1.54) is 24.0 Å². The van der Waals surface area contributed by atoms with Gasteiger partial charge < -0.3 is 21.3 Å². The van der Waals surface area contributed by atoms with Crippen molar-refractivity contribution in [3.8, 4) is 0 Å². The molecule has 4 heterocycles. The van der Waals surface area contributed by atoms with Crippen molar-refractivity contribution in [2.75, 3.05) is 29.0 Å². The Balaban J connectivity index is 1.05. The highest BCUT2D eigenvalue weighted by Crippen LogP contribution is 2.51. The normalized spacial score (nSPS) is 28.0. The molecule has 5 aliphatic rings. The molecule has 3 aliphatic heterocycles. The molecular formula is C35H44N8O. The molecule has 2 aromatic rings. The average Bonchev–Trinajstić information content (AvgIpc) is 3.72. The zero-order valence-electron chi connectivity index (χ0n) is 26.2. The van der Waals surface area contributed by atoms with E-state index in [-0.39, 0.29) is 23.4 Å². The fraction of sp³-hybridized carbons (Fsp3) is 0.486. The highest BCUT2D eigenvalue weighted by atomic mass is 16.2. The maximum atomic E-state index is 12.9. The lowest BCUT2D eigenvalue weighted by atomic mass is 9.77. The van der Waals surface area contributed by atoms with E-state index < -0.39 is 0 Å². The number of hydrogen-bond acceptors (Lipinski definition) is 7. The molecule has 0 radical (unpaired) electrons. The second-order valence-corrected chi connectivity index (χ2v) is 14.0. The maximum Gasteiger partial charge on any atom is 0.324 e. The van der Waals surface area contributed by atoms with E-state index in [4.69, 9.17) is 15.7 Å². The molecule has 2 amide bonds. The first-order chi connectivity index (χ1) is 21.2. The van der Waals surface area contributed by atoms with Crippen molar-refractivity contribution in [2.24, 2.45) is 28.2 Å². The number of aliphatic imine (C=N–C) groups is 1. The van der Waals surface area contributed by atoms with Crippen LogP contribution >= 0.6 is 0 Å². The lowest BCUT2D eigenvalue weighted by Gasteiger charge is -2.32. The molecule has 1 saturated carbocycles. The molecule has 1 saturated heterocycles. The van der Waals surface area contributed by atoms with Gasteiger partial charge in [0.25, 0.3) is 0 Å². The van der Waals surface area contributed by atoms with Crippen LogP contribution in [0.25, 0.3) is 0 Å². The van der Waals surface area contributed by atoms with Gasteiger partial charge in [0.1, 0.15) is 23.8 Å². The highest BCUT2D eigenvalue weighted by molar-refractivity contribution is 6.08. The number of nitrogens with zero attached hydrogens (tertiary/aromatic N) is 4. The Labute approximate surface area is 260 Å². The van der Waals surface area contributed by atoms with E-state index in [1.54, 1.807) is 6.33 Å². The Kier molecular flexibility index (Phi) is 7.31. The van der Waals surface area contributed by atoms with E-state index in [9.17, 15) is 4.79 Å². The number of piperidine rings is 1. The lowest BCUT2D eigenvalue weighted by Crippen LogP contribution is -2.35. The van der Waals surface area contributed by atoms with Gasteiger partial charge in [-0.3, -0.25) is 10.3 Å². The van der Waals surface area contributed by atoms with Crippen molar-refractivity contribution < 1.29 is 4.79 Å². The number of nitrogens with one attached hydrogen (secondary N) is 3. The van der Waals surface area contributed by atoms with Crippen LogP contribution in [0.15, 0.2) is 71.0 Å². The van der Waals surface area contributed by atoms with Crippen LogP contribution in [-0.2, 0) is 0 Å². The number of amides is 2. The van der Waals surface area contributed by atoms with Crippen molar-refractivity contribution in [3.05, 3.63) is 71.6 Å². The first-order valence-electron chi connectivity index (χ1n) is 16.1. The highest BCUT2D eigenvalue weighted by Gasteiger charge is 2.46. The second kappa shape index (κ2) is 11.2.